The summed E-state index contributed by atoms with van der Waals surface area (Å²) in [4.78, 5) is 22.8. The highest BCUT2D eigenvalue weighted by atomic mass is 35.5. The molecule has 0 heterocycles. The highest BCUT2D eigenvalue weighted by molar-refractivity contribution is 6.30. The number of aliphatic carboxylic acids is 1. The third-order valence-electron chi connectivity index (χ3n) is 3.08. The van der Waals surface area contributed by atoms with Crippen molar-refractivity contribution in [3.63, 3.8) is 0 Å². The number of carbonyl (C=O) groups is 2. The first-order valence-corrected chi connectivity index (χ1v) is 7.31. The van der Waals surface area contributed by atoms with E-state index in [1.54, 1.807) is 42.5 Å². The lowest BCUT2D eigenvalue weighted by molar-refractivity contribution is -0.144. The van der Waals surface area contributed by atoms with Gasteiger partial charge in [0.15, 0.2) is 11.9 Å². The summed E-state index contributed by atoms with van der Waals surface area (Å²) in [6.45, 7) is 1.44. The van der Waals surface area contributed by atoms with Crippen molar-refractivity contribution in [2.24, 2.45) is 0 Å². The Morgan fingerprint density at radius 2 is 1.87 bits per heavy atom. The Bertz CT molecular complexity index is 735. The molecule has 118 valence electrons. The van der Waals surface area contributed by atoms with Crippen LogP contribution in [0.4, 0.5) is 0 Å². The SMILES string of the molecule is CC(Oc1ccc(C(=O)C=Cc2cccc(Cl)c2)cc1)C(=O)O. The van der Waals surface area contributed by atoms with Crippen LogP contribution in [0.15, 0.2) is 54.6 Å². The number of carboxylic acid groups (broad SMARTS) is 1. The Kier molecular flexibility index (Phi) is 5.55. The van der Waals surface area contributed by atoms with Crippen LogP contribution in [0.25, 0.3) is 6.08 Å². The molecule has 0 amide bonds. The molecule has 0 spiro atoms. The van der Waals surface area contributed by atoms with Crippen LogP contribution >= 0.6 is 11.6 Å². The van der Waals surface area contributed by atoms with Crippen LogP contribution in [-0.2, 0) is 4.79 Å². The van der Waals surface area contributed by atoms with Crippen molar-refractivity contribution >= 4 is 29.4 Å². The van der Waals surface area contributed by atoms with Gasteiger partial charge in [0, 0.05) is 10.6 Å². The summed E-state index contributed by atoms with van der Waals surface area (Å²) in [5.74, 6) is -0.812. The van der Waals surface area contributed by atoms with Crippen molar-refractivity contribution in [2.75, 3.05) is 0 Å². The smallest absolute Gasteiger partial charge is 0.344 e. The van der Waals surface area contributed by atoms with Crippen LogP contribution in [-0.4, -0.2) is 23.0 Å². The molecule has 0 radical (unpaired) electrons. The number of ether oxygens (including phenoxy) is 1. The second-order valence-corrected chi connectivity index (χ2v) is 5.31. The molecule has 1 atom stereocenters. The van der Waals surface area contributed by atoms with Gasteiger partial charge in [-0.2, -0.15) is 0 Å². The Hall–Kier alpha value is -2.59. The molecule has 0 fully saturated rings. The van der Waals surface area contributed by atoms with E-state index < -0.39 is 12.1 Å². The number of rotatable bonds is 6. The summed E-state index contributed by atoms with van der Waals surface area (Å²) in [6.07, 6.45) is 2.20. The van der Waals surface area contributed by atoms with Crippen LogP contribution in [0.5, 0.6) is 5.75 Å². The van der Waals surface area contributed by atoms with Crippen LogP contribution in [0.1, 0.15) is 22.8 Å². The number of hydrogen-bond donors (Lipinski definition) is 1. The van der Waals surface area contributed by atoms with E-state index in [9.17, 15) is 9.59 Å². The first-order valence-electron chi connectivity index (χ1n) is 6.93. The molecule has 1 N–H and O–H groups in total. The third kappa shape index (κ3) is 4.97. The molecule has 0 aliphatic rings. The van der Waals surface area contributed by atoms with E-state index in [1.807, 2.05) is 12.1 Å². The fraction of sp³-hybridized carbons (Fsp3) is 0.111. The minimum Gasteiger partial charge on any atom is -0.479 e. The molecule has 5 heteroatoms. The van der Waals surface area contributed by atoms with Crippen molar-refractivity contribution in [3.8, 4) is 5.75 Å². The van der Waals surface area contributed by atoms with Crippen LogP contribution < -0.4 is 4.74 Å². The van der Waals surface area contributed by atoms with Gasteiger partial charge in [-0.05, 0) is 55.0 Å². The molecule has 0 aliphatic heterocycles. The summed E-state index contributed by atoms with van der Waals surface area (Å²) >= 11 is 5.88. The number of carboxylic acids is 1. The molecule has 2 aromatic rings. The Balaban J connectivity index is 2.04. The molecular weight excluding hydrogens is 316 g/mol. The van der Waals surface area contributed by atoms with Crippen molar-refractivity contribution in [3.05, 3.63) is 70.8 Å². The van der Waals surface area contributed by atoms with E-state index in [1.165, 1.54) is 13.0 Å². The first kappa shape index (κ1) is 16.8. The summed E-state index contributed by atoms with van der Waals surface area (Å²) in [7, 11) is 0. The molecule has 2 aromatic carbocycles. The molecule has 4 nitrogen and oxygen atoms in total. The van der Waals surface area contributed by atoms with Crippen LogP contribution in [0, 0.1) is 0 Å². The highest BCUT2D eigenvalue weighted by Gasteiger charge is 2.12. The summed E-state index contributed by atoms with van der Waals surface area (Å²) in [6, 6.07) is 13.5. The lowest BCUT2D eigenvalue weighted by Gasteiger charge is -2.10. The van der Waals surface area contributed by atoms with Crippen LogP contribution in [0.2, 0.25) is 5.02 Å². The van der Waals surface area contributed by atoms with Gasteiger partial charge in [0.05, 0.1) is 0 Å². The van der Waals surface area contributed by atoms with E-state index >= 15 is 0 Å². The monoisotopic (exact) mass is 330 g/mol. The normalized spacial score (nSPS) is 12.1. The molecule has 23 heavy (non-hydrogen) atoms. The molecule has 0 aromatic heterocycles. The predicted octanol–water partition coefficient (Wildman–Crippen LogP) is 4.09. The number of hydrogen-bond acceptors (Lipinski definition) is 3. The zero-order valence-corrected chi connectivity index (χ0v) is 13.2. The summed E-state index contributed by atoms with van der Waals surface area (Å²) in [5.41, 5.74) is 1.32. The molecule has 1 unspecified atom stereocenters. The van der Waals surface area contributed by atoms with E-state index in [0.717, 1.165) is 5.56 Å². The summed E-state index contributed by atoms with van der Waals surface area (Å²) < 4.78 is 5.21. The number of benzene rings is 2. The van der Waals surface area contributed by atoms with Gasteiger partial charge in [-0.15, -0.1) is 0 Å². The molecule has 0 aliphatic carbocycles. The quantitative estimate of drug-likeness (QED) is 0.640. The lowest BCUT2D eigenvalue weighted by Crippen LogP contribution is -2.22. The number of halogens is 1. The zero-order chi connectivity index (χ0) is 16.8. The van der Waals surface area contributed by atoms with Gasteiger partial charge in [0.1, 0.15) is 5.75 Å². The highest BCUT2D eigenvalue weighted by Crippen LogP contribution is 2.16. The van der Waals surface area contributed by atoms with Crippen molar-refractivity contribution in [2.45, 2.75) is 13.0 Å². The number of allylic oxidation sites excluding steroid dienone is 1. The molecular formula is C18H15ClO4. The Labute approximate surface area is 139 Å². The average molecular weight is 331 g/mol. The second kappa shape index (κ2) is 7.61. The van der Waals surface area contributed by atoms with Crippen molar-refractivity contribution < 1.29 is 19.4 Å². The number of carbonyl (C=O) groups excluding carboxylic acids is 1. The standard InChI is InChI=1S/C18H15ClO4/c1-12(18(21)22)23-16-8-6-14(7-9-16)17(20)10-5-13-3-2-4-15(19)11-13/h2-12H,1H3,(H,21,22). The molecule has 2 rings (SSSR count). The van der Waals surface area contributed by atoms with E-state index in [4.69, 9.17) is 21.4 Å². The topological polar surface area (TPSA) is 63.6 Å². The maximum atomic E-state index is 12.1. The second-order valence-electron chi connectivity index (χ2n) is 4.88. The van der Waals surface area contributed by atoms with Gasteiger partial charge < -0.3 is 9.84 Å². The Morgan fingerprint density at radius 3 is 2.48 bits per heavy atom. The average Bonchev–Trinajstić information content (AvgIpc) is 2.53. The first-order chi connectivity index (χ1) is 11.0. The minimum atomic E-state index is -1.05. The number of ketones is 1. The van der Waals surface area contributed by atoms with Gasteiger partial charge >= 0.3 is 5.97 Å². The maximum Gasteiger partial charge on any atom is 0.344 e. The lowest BCUT2D eigenvalue weighted by atomic mass is 10.1. The molecule has 0 saturated heterocycles. The minimum absolute atomic E-state index is 0.164. The van der Waals surface area contributed by atoms with Crippen molar-refractivity contribution in [1.29, 1.82) is 0 Å². The van der Waals surface area contributed by atoms with E-state index in [2.05, 4.69) is 0 Å². The van der Waals surface area contributed by atoms with Crippen molar-refractivity contribution in [1.82, 2.24) is 0 Å². The molecule has 0 saturated carbocycles. The maximum absolute atomic E-state index is 12.1. The van der Waals surface area contributed by atoms with Gasteiger partial charge in [-0.1, -0.05) is 29.8 Å². The fourth-order valence-corrected chi connectivity index (χ4v) is 2.03. The predicted molar refractivity (Wildman–Crippen MR) is 89.0 cm³/mol. The van der Waals surface area contributed by atoms with Gasteiger partial charge in [-0.3, -0.25) is 4.79 Å². The van der Waals surface area contributed by atoms with Gasteiger partial charge in [-0.25, -0.2) is 4.79 Å². The van der Waals surface area contributed by atoms with Gasteiger partial charge in [0.25, 0.3) is 0 Å². The fourth-order valence-electron chi connectivity index (χ4n) is 1.83. The zero-order valence-electron chi connectivity index (χ0n) is 12.4. The van der Waals surface area contributed by atoms with Crippen LogP contribution in [0.3, 0.4) is 0 Å². The summed E-state index contributed by atoms with van der Waals surface area (Å²) in [5, 5.41) is 9.39. The largest absolute Gasteiger partial charge is 0.479 e. The van der Waals surface area contributed by atoms with E-state index in [-0.39, 0.29) is 5.78 Å². The molecule has 0 bridgehead atoms. The van der Waals surface area contributed by atoms with E-state index in [0.29, 0.717) is 16.3 Å². The third-order valence-corrected chi connectivity index (χ3v) is 3.31. The Morgan fingerprint density at radius 1 is 1.17 bits per heavy atom. The van der Waals surface area contributed by atoms with Gasteiger partial charge in [0.2, 0.25) is 0 Å².